The molecule has 2 aliphatic heterocycles. The van der Waals surface area contributed by atoms with Crippen molar-refractivity contribution in [3.05, 3.63) is 93.8 Å². The number of aliphatic imine (C=N–C) groups is 2. The number of hydrogen-bond donors (Lipinski definition) is 1. The molecule has 164 valence electrons. The minimum Gasteiger partial charge on any atom is -0.510 e. The van der Waals surface area contributed by atoms with E-state index in [1.165, 1.54) is 28.3 Å². The maximum absolute atomic E-state index is 13.5. The van der Waals surface area contributed by atoms with Crippen LogP contribution < -0.4 is 0 Å². The second-order valence-electron chi connectivity index (χ2n) is 9.30. The number of hydrogen-bond acceptors (Lipinski definition) is 4. The van der Waals surface area contributed by atoms with Crippen LogP contribution in [0, 0.1) is 0 Å². The number of rotatable bonds is 3. The highest BCUT2D eigenvalue weighted by Gasteiger charge is 2.37. The Balaban J connectivity index is 1.36. The number of aliphatic hydroxyl groups is 1. The molecule has 2 aromatic carbocycles. The van der Waals surface area contributed by atoms with Crippen molar-refractivity contribution in [2.24, 2.45) is 9.98 Å². The highest BCUT2D eigenvalue weighted by Crippen LogP contribution is 2.42. The van der Waals surface area contributed by atoms with Crippen LogP contribution in [0.5, 0.6) is 0 Å². The van der Waals surface area contributed by atoms with Crippen LogP contribution in [0.4, 0.5) is 0 Å². The van der Waals surface area contributed by atoms with Crippen LogP contribution in [0.25, 0.3) is 11.1 Å². The number of fused-ring (bicyclic) bond motifs is 4. The fraction of sp³-hybridized carbons (Fsp3) is 0.276. The largest absolute Gasteiger partial charge is 0.510 e. The van der Waals surface area contributed by atoms with E-state index in [0.29, 0.717) is 0 Å². The average Bonchev–Trinajstić information content (AvgIpc) is 3.36. The quantitative estimate of drug-likeness (QED) is 0.513. The Hall–Kier alpha value is -3.53. The van der Waals surface area contributed by atoms with Gasteiger partial charge >= 0.3 is 0 Å². The molecule has 2 unspecified atom stereocenters. The molecule has 33 heavy (non-hydrogen) atoms. The molecule has 4 aliphatic rings. The van der Waals surface area contributed by atoms with Crippen LogP contribution in [0.15, 0.2) is 81.5 Å². The number of benzene rings is 2. The highest BCUT2D eigenvalue weighted by atomic mass is 16.3. The van der Waals surface area contributed by atoms with Gasteiger partial charge in [0.1, 0.15) is 17.8 Å². The summed E-state index contributed by atoms with van der Waals surface area (Å²) in [4.78, 5) is 23.0. The molecular weight excluding hydrogens is 408 g/mol. The summed E-state index contributed by atoms with van der Waals surface area (Å²) in [5, 5.41) is 11.2. The van der Waals surface area contributed by atoms with Crippen molar-refractivity contribution in [2.45, 2.75) is 51.6 Å². The SMILES string of the molecule is CC1=NC(C(=O)/C=C(\O)C2N=C(C)C3=C2c2ccccc2CC3)C2=C1CCc1ccccc12. The third-order valence-electron chi connectivity index (χ3n) is 7.46. The second kappa shape index (κ2) is 7.51. The molecule has 0 saturated carbocycles. The molecule has 2 atom stereocenters. The number of ketones is 1. The molecule has 0 radical (unpaired) electrons. The zero-order valence-corrected chi connectivity index (χ0v) is 18.9. The van der Waals surface area contributed by atoms with Gasteiger partial charge in [-0.2, -0.15) is 0 Å². The molecule has 0 aromatic heterocycles. The van der Waals surface area contributed by atoms with Gasteiger partial charge in [-0.1, -0.05) is 48.5 Å². The number of nitrogens with zero attached hydrogens (tertiary/aromatic N) is 2. The van der Waals surface area contributed by atoms with E-state index in [1.807, 2.05) is 32.0 Å². The zero-order chi connectivity index (χ0) is 22.7. The van der Waals surface area contributed by atoms with E-state index in [9.17, 15) is 9.90 Å². The van der Waals surface area contributed by atoms with Crippen molar-refractivity contribution in [1.29, 1.82) is 0 Å². The van der Waals surface area contributed by atoms with Crippen molar-refractivity contribution in [1.82, 2.24) is 0 Å². The molecule has 2 heterocycles. The predicted molar refractivity (Wildman–Crippen MR) is 133 cm³/mol. The van der Waals surface area contributed by atoms with Crippen molar-refractivity contribution in [2.75, 3.05) is 0 Å². The van der Waals surface area contributed by atoms with E-state index >= 15 is 0 Å². The maximum atomic E-state index is 13.5. The molecule has 0 amide bonds. The van der Waals surface area contributed by atoms with E-state index < -0.39 is 12.1 Å². The Morgan fingerprint density at radius 2 is 1.27 bits per heavy atom. The highest BCUT2D eigenvalue weighted by molar-refractivity contribution is 6.18. The summed E-state index contributed by atoms with van der Waals surface area (Å²) >= 11 is 0. The van der Waals surface area contributed by atoms with E-state index in [0.717, 1.165) is 59.4 Å². The standard InChI is InChI=1S/C29H26N2O2/c1-16-20-13-11-18-7-3-5-9-22(18)26(20)28(30-16)24(32)15-25(33)29-27-21(17(2)31-29)14-12-19-8-4-6-10-23(19)27/h3-10,15,28-29,32H,11-14H2,1-2H3/b24-15-. The monoisotopic (exact) mass is 434 g/mol. The first-order valence-corrected chi connectivity index (χ1v) is 11.7. The summed E-state index contributed by atoms with van der Waals surface area (Å²) in [5.41, 5.74) is 11.1. The predicted octanol–water partition coefficient (Wildman–Crippen LogP) is 5.48. The fourth-order valence-electron chi connectivity index (χ4n) is 5.89. The fourth-order valence-corrected chi connectivity index (χ4v) is 5.89. The molecule has 1 N–H and O–H groups in total. The normalized spacial score (nSPS) is 23.5. The molecule has 6 rings (SSSR count). The molecule has 0 bridgehead atoms. The van der Waals surface area contributed by atoms with Gasteiger partial charge in [0.05, 0.1) is 0 Å². The van der Waals surface area contributed by atoms with Crippen molar-refractivity contribution in [3.8, 4) is 0 Å². The van der Waals surface area contributed by atoms with Crippen molar-refractivity contribution < 1.29 is 9.90 Å². The lowest BCUT2D eigenvalue weighted by Gasteiger charge is -2.23. The topological polar surface area (TPSA) is 62.0 Å². The van der Waals surface area contributed by atoms with Gasteiger partial charge in [-0.25, -0.2) is 0 Å². The van der Waals surface area contributed by atoms with E-state index in [1.54, 1.807) is 0 Å². The third-order valence-corrected chi connectivity index (χ3v) is 7.46. The molecule has 0 fully saturated rings. The van der Waals surface area contributed by atoms with Gasteiger partial charge in [-0.15, -0.1) is 0 Å². The summed E-state index contributed by atoms with van der Waals surface area (Å²) < 4.78 is 0. The first-order chi connectivity index (χ1) is 16.0. The van der Waals surface area contributed by atoms with Gasteiger partial charge in [0.25, 0.3) is 0 Å². The lowest BCUT2D eigenvalue weighted by Crippen LogP contribution is -2.21. The number of aliphatic hydroxyl groups excluding tert-OH is 1. The van der Waals surface area contributed by atoms with Crippen LogP contribution in [-0.2, 0) is 17.6 Å². The van der Waals surface area contributed by atoms with Crippen LogP contribution in [0.2, 0.25) is 0 Å². The Bertz CT molecular complexity index is 1370. The lowest BCUT2D eigenvalue weighted by molar-refractivity contribution is -0.114. The number of allylic oxidation sites excluding steroid dienone is 2. The van der Waals surface area contributed by atoms with Gasteiger partial charge in [0, 0.05) is 17.5 Å². The van der Waals surface area contributed by atoms with E-state index in [2.05, 4.69) is 30.3 Å². The summed E-state index contributed by atoms with van der Waals surface area (Å²) in [6.07, 6.45) is 5.14. The van der Waals surface area contributed by atoms with Gasteiger partial charge in [-0.05, 0) is 84.1 Å². The molecule has 4 heteroatoms. The first-order valence-electron chi connectivity index (χ1n) is 11.7. The Kier molecular flexibility index (Phi) is 4.58. The Morgan fingerprint density at radius 3 is 1.85 bits per heavy atom. The summed E-state index contributed by atoms with van der Waals surface area (Å²) in [6, 6.07) is 15.5. The van der Waals surface area contributed by atoms with Gasteiger partial charge < -0.3 is 5.11 Å². The minimum atomic E-state index is -0.595. The number of carbonyl (C=O) groups excluding carboxylic acids is 1. The maximum Gasteiger partial charge on any atom is 0.188 e. The van der Waals surface area contributed by atoms with Gasteiger partial charge in [-0.3, -0.25) is 14.8 Å². The number of aryl methyl sites for hydroxylation is 2. The summed E-state index contributed by atoms with van der Waals surface area (Å²) in [6.45, 7) is 3.99. The van der Waals surface area contributed by atoms with E-state index in [-0.39, 0.29) is 11.5 Å². The van der Waals surface area contributed by atoms with E-state index in [4.69, 9.17) is 9.98 Å². The lowest BCUT2D eigenvalue weighted by atomic mass is 9.81. The minimum absolute atomic E-state index is 0.00653. The second-order valence-corrected chi connectivity index (χ2v) is 9.30. The van der Waals surface area contributed by atoms with Gasteiger partial charge in [0.2, 0.25) is 0 Å². The van der Waals surface area contributed by atoms with Crippen LogP contribution in [0.3, 0.4) is 0 Å². The molecular formula is C29H26N2O2. The van der Waals surface area contributed by atoms with Gasteiger partial charge in [0.15, 0.2) is 5.78 Å². The van der Waals surface area contributed by atoms with Crippen LogP contribution >= 0.6 is 0 Å². The Morgan fingerprint density at radius 1 is 0.788 bits per heavy atom. The summed E-state index contributed by atoms with van der Waals surface area (Å²) in [5.74, 6) is -0.174. The Labute approximate surface area is 193 Å². The molecule has 0 saturated heterocycles. The summed E-state index contributed by atoms with van der Waals surface area (Å²) in [7, 11) is 0. The van der Waals surface area contributed by atoms with Crippen molar-refractivity contribution in [3.63, 3.8) is 0 Å². The molecule has 4 nitrogen and oxygen atoms in total. The third kappa shape index (κ3) is 3.08. The smallest absolute Gasteiger partial charge is 0.188 e. The zero-order valence-electron chi connectivity index (χ0n) is 18.9. The molecule has 2 aromatic rings. The van der Waals surface area contributed by atoms with Crippen LogP contribution in [-0.4, -0.2) is 34.4 Å². The number of carbonyl (C=O) groups is 1. The van der Waals surface area contributed by atoms with Crippen LogP contribution in [0.1, 0.15) is 48.9 Å². The first kappa shape index (κ1) is 20.1. The average molecular weight is 435 g/mol. The molecule has 0 spiro atoms. The van der Waals surface area contributed by atoms with Crippen molar-refractivity contribution >= 4 is 28.4 Å². The molecule has 2 aliphatic carbocycles.